The number of aromatic nitrogens is 2. The molecule has 0 saturated heterocycles. The highest BCUT2D eigenvalue weighted by Gasteiger charge is 2.16. The molecule has 0 fully saturated rings. The Labute approximate surface area is 174 Å². The van der Waals surface area contributed by atoms with Crippen molar-refractivity contribution in [2.75, 3.05) is 11.9 Å². The molecule has 2 heterocycles. The lowest BCUT2D eigenvalue weighted by Crippen LogP contribution is -2.32. The van der Waals surface area contributed by atoms with Crippen LogP contribution in [-0.4, -0.2) is 28.2 Å². The fourth-order valence-electron chi connectivity index (χ4n) is 2.47. The van der Waals surface area contributed by atoms with E-state index < -0.39 is 23.3 Å². The number of rotatable bonds is 8. The van der Waals surface area contributed by atoms with Gasteiger partial charge in [0.05, 0.1) is 18.7 Å². The van der Waals surface area contributed by atoms with Gasteiger partial charge in [0, 0.05) is 17.1 Å². The van der Waals surface area contributed by atoms with E-state index in [1.807, 2.05) is 0 Å². The number of halogens is 1. The molecule has 10 heteroatoms. The van der Waals surface area contributed by atoms with E-state index in [2.05, 4.69) is 10.3 Å². The first-order valence-electron chi connectivity index (χ1n) is 8.97. The third-order valence-corrected chi connectivity index (χ3v) is 4.69. The second-order valence-corrected chi connectivity index (χ2v) is 6.86. The first-order valence-corrected chi connectivity index (χ1v) is 9.85. The number of hydrogen-bond acceptors (Lipinski definition) is 7. The molecule has 0 atom stereocenters. The number of amides is 1. The maximum absolute atomic E-state index is 13.7. The molecule has 8 nitrogen and oxygen atoms in total. The predicted octanol–water partition coefficient (Wildman–Crippen LogP) is 2.43. The lowest BCUT2D eigenvalue weighted by Gasteiger charge is -2.10. The summed E-state index contributed by atoms with van der Waals surface area (Å²) in [6.45, 7) is 1.80. The molecule has 0 radical (unpaired) electrons. The lowest BCUT2D eigenvalue weighted by molar-refractivity contribution is -0.142. The van der Waals surface area contributed by atoms with Crippen LogP contribution in [0.3, 0.4) is 0 Å². The normalized spacial score (nSPS) is 10.5. The van der Waals surface area contributed by atoms with Gasteiger partial charge in [-0.25, -0.2) is 9.37 Å². The van der Waals surface area contributed by atoms with Gasteiger partial charge in [0.15, 0.2) is 5.13 Å². The van der Waals surface area contributed by atoms with Crippen molar-refractivity contribution in [3.05, 3.63) is 81.0 Å². The summed E-state index contributed by atoms with van der Waals surface area (Å²) in [6, 6.07) is 8.83. The Kier molecular flexibility index (Phi) is 6.91. The molecule has 2 aromatic heterocycles. The molecular formula is C20H18FN3O5S. The summed E-state index contributed by atoms with van der Waals surface area (Å²) in [5, 5.41) is 4.38. The Balaban J connectivity index is 1.67. The maximum atomic E-state index is 13.7. The van der Waals surface area contributed by atoms with Crippen LogP contribution in [0.25, 0.3) is 0 Å². The van der Waals surface area contributed by atoms with Crippen molar-refractivity contribution in [3.63, 3.8) is 0 Å². The van der Waals surface area contributed by atoms with Crippen molar-refractivity contribution in [1.29, 1.82) is 0 Å². The summed E-state index contributed by atoms with van der Waals surface area (Å²) >= 11 is 1.12. The molecule has 3 rings (SSSR count). The minimum Gasteiger partial charge on any atom is -0.466 e. The van der Waals surface area contributed by atoms with Crippen LogP contribution in [0.1, 0.15) is 28.5 Å². The molecule has 0 aliphatic rings. The molecule has 1 amide bonds. The average molecular weight is 431 g/mol. The fourth-order valence-corrected chi connectivity index (χ4v) is 3.18. The number of nitrogens with one attached hydrogen (secondary N) is 1. The van der Waals surface area contributed by atoms with Gasteiger partial charge < -0.3 is 9.57 Å². The smallest absolute Gasteiger partial charge is 0.311 e. The summed E-state index contributed by atoms with van der Waals surface area (Å²) in [7, 11) is 0. The zero-order valence-corrected chi connectivity index (χ0v) is 16.8. The summed E-state index contributed by atoms with van der Waals surface area (Å²) in [4.78, 5) is 46.0. The van der Waals surface area contributed by atoms with Crippen LogP contribution in [0.15, 0.2) is 52.8 Å². The molecular weight excluding hydrogens is 413 g/mol. The zero-order chi connectivity index (χ0) is 21.5. The van der Waals surface area contributed by atoms with Gasteiger partial charge in [-0.15, -0.1) is 11.3 Å². The highest BCUT2D eigenvalue weighted by atomic mass is 32.1. The van der Waals surface area contributed by atoms with Gasteiger partial charge >= 0.3 is 5.97 Å². The Morgan fingerprint density at radius 2 is 2.03 bits per heavy atom. The van der Waals surface area contributed by atoms with E-state index in [0.29, 0.717) is 5.69 Å². The quantitative estimate of drug-likeness (QED) is 0.550. The Hall–Kier alpha value is -3.53. The van der Waals surface area contributed by atoms with E-state index in [0.717, 1.165) is 16.1 Å². The van der Waals surface area contributed by atoms with Crippen LogP contribution < -0.4 is 15.7 Å². The number of esters is 1. The van der Waals surface area contributed by atoms with Crippen molar-refractivity contribution >= 4 is 28.3 Å². The van der Waals surface area contributed by atoms with Crippen LogP contribution in [0.4, 0.5) is 9.52 Å². The number of hydrogen-bond donors (Lipinski definition) is 1. The van der Waals surface area contributed by atoms with Crippen molar-refractivity contribution in [2.24, 2.45) is 0 Å². The van der Waals surface area contributed by atoms with Crippen LogP contribution in [0.2, 0.25) is 0 Å². The van der Waals surface area contributed by atoms with E-state index in [1.54, 1.807) is 24.4 Å². The second-order valence-electron chi connectivity index (χ2n) is 6.00. The number of pyridine rings is 1. The van der Waals surface area contributed by atoms with Gasteiger partial charge in [0.25, 0.3) is 11.5 Å². The van der Waals surface area contributed by atoms with E-state index in [9.17, 15) is 18.8 Å². The van der Waals surface area contributed by atoms with E-state index >= 15 is 0 Å². The lowest BCUT2D eigenvalue weighted by atomic mass is 10.2. The Morgan fingerprint density at radius 3 is 2.80 bits per heavy atom. The van der Waals surface area contributed by atoms with Crippen LogP contribution >= 0.6 is 11.3 Å². The highest BCUT2D eigenvalue weighted by molar-refractivity contribution is 7.14. The summed E-state index contributed by atoms with van der Waals surface area (Å²) in [6.07, 6.45) is 1.32. The van der Waals surface area contributed by atoms with Gasteiger partial charge in [-0.3, -0.25) is 19.7 Å². The van der Waals surface area contributed by atoms with Crippen molar-refractivity contribution in [3.8, 4) is 0 Å². The van der Waals surface area contributed by atoms with E-state index in [1.165, 1.54) is 30.5 Å². The summed E-state index contributed by atoms with van der Waals surface area (Å²) in [5.41, 5.74) is -0.147. The van der Waals surface area contributed by atoms with E-state index in [4.69, 9.17) is 9.57 Å². The number of anilines is 1. The number of carbonyl (C=O) groups excluding carboxylic acids is 2. The number of thiazole rings is 1. The molecule has 1 aromatic carbocycles. The van der Waals surface area contributed by atoms with Crippen molar-refractivity contribution < 1.29 is 23.6 Å². The SMILES string of the molecule is CCOC(=O)Cc1csc(NC(=O)c2cccn(OCc3ccccc3F)c2=O)n1. The topological polar surface area (TPSA) is 99.5 Å². The molecule has 0 spiro atoms. The zero-order valence-electron chi connectivity index (χ0n) is 16.0. The van der Waals surface area contributed by atoms with Gasteiger partial charge in [0.1, 0.15) is 18.0 Å². The minimum absolute atomic E-state index is 0.0117. The molecule has 0 aliphatic heterocycles. The van der Waals surface area contributed by atoms with Gasteiger partial charge in [-0.2, -0.15) is 4.73 Å². The third-order valence-electron chi connectivity index (χ3n) is 3.88. The Bertz CT molecular complexity index is 1110. The van der Waals surface area contributed by atoms with Crippen LogP contribution in [-0.2, 0) is 22.6 Å². The summed E-state index contributed by atoms with van der Waals surface area (Å²) < 4.78 is 19.4. The largest absolute Gasteiger partial charge is 0.466 e. The summed E-state index contributed by atoms with van der Waals surface area (Å²) in [5.74, 6) is -1.55. The first-order chi connectivity index (χ1) is 14.5. The average Bonchev–Trinajstić information content (AvgIpc) is 3.15. The molecule has 3 aromatic rings. The molecule has 1 N–H and O–H groups in total. The van der Waals surface area contributed by atoms with E-state index in [-0.39, 0.29) is 35.9 Å². The molecule has 30 heavy (non-hydrogen) atoms. The highest BCUT2D eigenvalue weighted by Crippen LogP contribution is 2.16. The molecule has 0 saturated carbocycles. The molecule has 156 valence electrons. The van der Waals surface area contributed by atoms with Crippen molar-refractivity contribution in [1.82, 2.24) is 9.71 Å². The number of benzene rings is 1. The number of carbonyl (C=O) groups is 2. The van der Waals surface area contributed by atoms with Gasteiger partial charge in [-0.1, -0.05) is 18.2 Å². The first kappa shape index (κ1) is 21.2. The van der Waals surface area contributed by atoms with Crippen LogP contribution in [0, 0.1) is 5.82 Å². The maximum Gasteiger partial charge on any atom is 0.311 e. The standard InChI is InChI=1S/C20H18FN3O5S/c1-2-28-17(25)10-14-12-30-20(22-14)23-18(26)15-7-5-9-24(19(15)27)29-11-13-6-3-4-8-16(13)21/h3-9,12H,2,10-11H2,1H3,(H,22,23,26). The Morgan fingerprint density at radius 1 is 1.23 bits per heavy atom. The van der Waals surface area contributed by atoms with Crippen molar-refractivity contribution in [2.45, 2.75) is 20.0 Å². The second kappa shape index (κ2) is 9.79. The van der Waals surface area contributed by atoms with Gasteiger partial charge in [-0.05, 0) is 25.1 Å². The molecule has 0 unspecified atom stereocenters. The van der Waals surface area contributed by atoms with Gasteiger partial charge in [0.2, 0.25) is 0 Å². The molecule has 0 aliphatic carbocycles. The number of nitrogens with zero attached hydrogens (tertiary/aromatic N) is 2. The predicted molar refractivity (Wildman–Crippen MR) is 108 cm³/mol. The third kappa shape index (κ3) is 5.29. The fraction of sp³-hybridized carbons (Fsp3) is 0.200. The minimum atomic E-state index is -0.699. The van der Waals surface area contributed by atoms with Crippen LogP contribution in [0.5, 0.6) is 0 Å². The number of ether oxygens (including phenoxy) is 1. The monoisotopic (exact) mass is 431 g/mol. The molecule has 0 bridgehead atoms.